The van der Waals surface area contributed by atoms with Gasteiger partial charge in [-0.25, -0.2) is 0 Å². The summed E-state index contributed by atoms with van der Waals surface area (Å²) in [6.45, 7) is 12.6. The molecule has 0 rings (SSSR count). The van der Waals surface area contributed by atoms with Gasteiger partial charge >= 0.3 is 0 Å². The van der Waals surface area contributed by atoms with Crippen LogP contribution in [0.25, 0.3) is 0 Å². The van der Waals surface area contributed by atoms with E-state index in [1.807, 2.05) is 0 Å². The van der Waals surface area contributed by atoms with E-state index in [9.17, 15) is 0 Å². The average Bonchev–Trinajstić information content (AvgIpc) is 2.13. The molecular formula is C14H31N. The molecule has 1 heteroatoms. The Bertz CT molecular complexity index is 129. The lowest BCUT2D eigenvalue weighted by Gasteiger charge is -2.19. The maximum absolute atomic E-state index is 3.61. The summed E-state index contributed by atoms with van der Waals surface area (Å²) in [4.78, 5) is 0. The van der Waals surface area contributed by atoms with Gasteiger partial charge in [0, 0.05) is 6.04 Å². The average molecular weight is 213 g/mol. The van der Waals surface area contributed by atoms with E-state index in [4.69, 9.17) is 0 Å². The van der Waals surface area contributed by atoms with Crippen LogP contribution >= 0.6 is 0 Å². The van der Waals surface area contributed by atoms with Crippen LogP contribution in [0.4, 0.5) is 0 Å². The molecule has 0 fully saturated rings. The van der Waals surface area contributed by atoms with Gasteiger partial charge in [0.25, 0.3) is 0 Å². The summed E-state index contributed by atoms with van der Waals surface area (Å²) >= 11 is 0. The molecule has 0 saturated heterocycles. The van der Waals surface area contributed by atoms with Gasteiger partial charge in [0.2, 0.25) is 0 Å². The van der Waals surface area contributed by atoms with Gasteiger partial charge in [0.15, 0.2) is 0 Å². The first-order chi connectivity index (χ1) is 7.06. The van der Waals surface area contributed by atoms with Gasteiger partial charge in [0.05, 0.1) is 0 Å². The summed E-state index contributed by atoms with van der Waals surface area (Å²) in [5.41, 5.74) is 0. The van der Waals surface area contributed by atoms with E-state index in [0.717, 1.165) is 24.4 Å². The van der Waals surface area contributed by atoms with Gasteiger partial charge in [-0.05, 0) is 37.6 Å². The third-order valence-electron chi connectivity index (χ3n) is 2.92. The van der Waals surface area contributed by atoms with E-state index in [-0.39, 0.29) is 0 Å². The van der Waals surface area contributed by atoms with Gasteiger partial charge in [-0.2, -0.15) is 0 Å². The Balaban J connectivity index is 3.62. The van der Waals surface area contributed by atoms with E-state index < -0.39 is 0 Å². The first kappa shape index (κ1) is 15.0. The predicted molar refractivity (Wildman–Crippen MR) is 70.2 cm³/mol. The molecule has 0 heterocycles. The molecule has 1 atom stereocenters. The number of rotatable bonds is 9. The molecule has 0 bridgehead atoms. The normalized spacial score (nSPS) is 13.8. The van der Waals surface area contributed by atoms with Crippen molar-refractivity contribution in [3.63, 3.8) is 0 Å². The van der Waals surface area contributed by atoms with Crippen molar-refractivity contribution in [1.82, 2.24) is 5.32 Å². The quantitative estimate of drug-likeness (QED) is 0.604. The van der Waals surface area contributed by atoms with Crippen LogP contribution in [0.2, 0.25) is 0 Å². The zero-order chi connectivity index (χ0) is 11.7. The molecule has 0 aromatic carbocycles. The lowest BCUT2D eigenvalue weighted by molar-refractivity contribution is 0.394. The minimum Gasteiger partial charge on any atom is -0.314 e. The smallest absolute Gasteiger partial charge is 0.00670 e. The lowest BCUT2D eigenvalue weighted by Crippen LogP contribution is -2.29. The highest BCUT2D eigenvalue weighted by Crippen LogP contribution is 2.14. The molecule has 15 heavy (non-hydrogen) atoms. The van der Waals surface area contributed by atoms with Crippen LogP contribution < -0.4 is 5.32 Å². The highest BCUT2D eigenvalue weighted by Gasteiger charge is 2.08. The van der Waals surface area contributed by atoms with E-state index in [2.05, 4.69) is 39.9 Å². The Labute approximate surface area is 97.0 Å². The molecule has 0 aliphatic heterocycles. The zero-order valence-electron chi connectivity index (χ0n) is 11.5. The van der Waals surface area contributed by atoms with Crippen LogP contribution in [0.3, 0.4) is 0 Å². The molecule has 0 aliphatic carbocycles. The Hall–Kier alpha value is -0.0400. The molecule has 1 unspecified atom stereocenters. The summed E-state index contributed by atoms with van der Waals surface area (Å²) in [6, 6.07) is 0.760. The molecule has 0 saturated carbocycles. The van der Waals surface area contributed by atoms with Crippen molar-refractivity contribution in [2.45, 2.75) is 72.8 Å². The molecule has 92 valence electrons. The molecule has 0 spiro atoms. The molecule has 0 aliphatic rings. The fourth-order valence-electron chi connectivity index (χ4n) is 1.94. The van der Waals surface area contributed by atoms with Crippen LogP contribution in [0.1, 0.15) is 66.7 Å². The van der Waals surface area contributed by atoms with Gasteiger partial charge in [-0.1, -0.05) is 47.5 Å². The van der Waals surface area contributed by atoms with Crippen molar-refractivity contribution in [1.29, 1.82) is 0 Å². The second kappa shape index (κ2) is 9.21. The van der Waals surface area contributed by atoms with Crippen LogP contribution in [-0.2, 0) is 0 Å². The topological polar surface area (TPSA) is 12.0 Å². The lowest BCUT2D eigenvalue weighted by atomic mass is 9.97. The van der Waals surface area contributed by atoms with Crippen molar-refractivity contribution in [2.75, 3.05) is 6.54 Å². The van der Waals surface area contributed by atoms with Crippen LogP contribution in [0, 0.1) is 11.8 Å². The minimum absolute atomic E-state index is 0.760. The summed E-state index contributed by atoms with van der Waals surface area (Å²) in [5, 5.41) is 3.61. The molecule has 0 aromatic heterocycles. The minimum atomic E-state index is 0.760. The summed E-state index contributed by atoms with van der Waals surface area (Å²) in [6.07, 6.45) is 6.83. The van der Waals surface area contributed by atoms with Gasteiger partial charge in [0.1, 0.15) is 0 Å². The Morgan fingerprint density at radius 2 is 1.40 bits per heavy atom. The van der Waals surface area contributed by atoms with E-state index >= 15 is 0 Å². The maximum Gasteiger partial charge on any atom is 0.00670 e. The van der Waals surface area contributed by atoms with Crippen molar-refractivity contribution >= 4 is 0 Å². The first-order valence-electron chi connectivity index (χ1n) is 6.79. The predicted octanol–water partition coefficient (Wildman–Crippen LogP) is 4.23. The molecule has 1 nitrogen and oxygen atoms in total. The Morgan fingerprint density at radius 3 is 1.87 bits per heavy atom. The van der Waals surface area contributed by atoms with Crippen LogP contribution in [-0.4, -0.2) is 12.6 Å². The van der Waals surface area contributed by atoms with Crippen molar-refractivity contribution < 1.29 is 0 Å². The fourth-order valence-corrected chi connectivity index (χ4v) is 1.94. The molecule has 0 amide bonds. The van der Waals surface area contributed by atoms with Gasteiger partial charge < -0.3 is 5.32 Å². The standard InChI is InChI=1S/C14H31N/c1-6-15-14(11-10-13(4)5)9-7-8-12(2)3/h12-15H,6-11H2,1-5H3. The third-order valence-corrected chi connectivity index (χ3v) is 2.92. The monoisotopic (exact) mass is 213 g/mol. The number of hydrogen-bond donors (Lipinski definition) is 1. The van der Waals surface area contributed by atoms with Crippen molar-refractivity contribution in [2.24, 2.45) is 11.8 Å². The van der Waals surface area contributed by atoms with Gasteiger partial charge in [-0.15, -0.1) is 0 Å². The second-order valence-electron chi connectivity index (χ2n) is 5.55. The maximum atomic E-state index is 3.61. The SMILES string of the molecule is CCNC(CCCC(C)C)CCC(C)C. The Morgan fingerprint density at radius 1 is 0.800 bits per heavy atom. The largest absolute Gasteiger partial charge is 0.314 e. The summed E-state index contributed by atoms with van der Waals surface area (Å²) < 4.78 is 0. The highest BCUT2D eigenvalue weighted by molar-refractivity contribution is 4.67. The molecular weight excluding hydrogens is 182 g/mol. The summed E-state index contributed by atoms with van der Waals surface area (Å²) in [5.74, 6) is 1.70. The second-order valence-corrected chi connectivity index (χ2v) is 5.55. The molecule has 0 radical (unpaired) electrons. The zero-order valence-corrected chi connectivity index (χ0v) is 11.5. The summed E-state index contributed by atoms with van der Waals surface area (Å²) in [7, 11) is 0. The molecule has 0 aromatic rings. The van der Waals surface area contributed by atoms with E-state index in [0.29, 0.717) is 0 Å². The van der Waals surface area contributed by atoms with Gasteiger partial charge in [-0.3, -0.25) is 0 Å². The number of nitrogens with one attached hydrogen (secondary N) is 1. The van der Waals surface area contributed by atoms with Crippen molar-refractivity contribution in [3.05, 3.63) is 0 Å². The van der Waals surface area contributed by atoms with Crippen LogP contribution in [0.15, 0.2) is 0 Å². The van der Waals surface area contributed by atoms with E-state index in [1.165, 1.54) is 32.1 Å². The fraction of sp³-hybridized carbons (Fsp3) is 1.00. The van der Waals surface area contributed by atoms with Crippen LogP contribution in [0.5, 0.6) is 0 Å². The van der Waals surface area contributed by atoms with Crippen molar-refractivity contribution in [3.8, 4) is 0 Å². The highest BCUT2D eigenvalue weighted by atomic mass is 14.9. The Kier molecular flexibility index (Phi) is 9.18. The third kappa shape index (κ3) is 10.2. The molecule has 1 N–H and O–H groups in total. The first-order valence-corrected chi connectivity index (χ1v) is 6.79. The van der Waals surface area contributed by atoms with E-state index in [1.54, 1.807) is 0 Å². The number of hydrogen-bond acceptors (Lipinski definition) is 1.